The van der Waals surface area contributed by atoms with Crippen LogP contribution in [0.3, 0.4) is 0 Å². The fourth-order valence-electron chi connectivity index (χ4n) is 6.31. The third-order valence-electron chi connectivity index (χ3n) is 8.56. The highest BCUT2D eigenvalue weighted by Gasteiger charge is 2.17. The maximum absolute atomic E-state index is 10.8. The Kier molecular flexibility index (Phi) is 6.12. The summed E-state index contributed by atoms with van der Waals surface area (Å²) in [4.78, 5) is 10.2. The molecule has 1 N–H and O–H groups in total. The number of hydrogen-bond donors (Lipinski definition) is 1. The molecule has 0 saturated heterocycles. The van der Waals surface area contributed by atoms with Crippen molar-refractivity contribution in [3.63, 3.8) is 0 Å². The molecule has 0 atom stereocenters. The van der Waals surface area contributed by atoms with Gasteiger partial charge in [0.25, 0.3) is 0 Å². The number of fused-ring (bicyclic) bond motifs is 6. The Morgan fingerprint density at radius 2 is 1.15 bits per heavy atom. The molecule has 9 rings (SSSR count). The number of aromatic nitrogens is 3. The Hall–Kier alpha value is -6.64. The van der Waals surface area contributed by atoms with Gasteiger partial charge >= 0.3 is 0 Å². The molecule has 5 nitrogen and oxygen atoms in total. The standard InChI is InChI=1S/C42H25N3O2/c46-39-26-41-34(32-16-8-10-18-40(32)47-41)24-30(39)21-19-27-20-22-38-33(23-27)31-15-7-9-17-37(31)45(38)42-43-35(28-11-3-1-4-12-28)25-36(44-42)29-13-5-2-6-14-29/h1-18,20,22-26,46H. The summed E-state index contributed by atoms with van der Waals surface area (Å²) in [7, 11) is 0. The smallest absolute Gasteiger partial charge is 0.235 e. The third-order valence-corrected chi connectivity index (χ3v) is 8.56. The van der Waals surface area contributed by atoms with Crippen molar-refractivity contribution in [1.82, 2.24) is 14.5 Å². The Labute approximate surface area is 270 Å². The van der Waals surface area contributed by atoms with Gasteiger partial charge in [-0.2, -0.15) is 0 Å². The Morgan fingerprint density at radius 3 is 1.89 bits per heavy atom. The molecule has 9 aromatic rings. The Morgan fingerprint density at radius 1 is 0.511 bits per heavy atom. The monoisotopic (exact) mass is 603 g/mol. The highest BCUT2D eigenvalue weighted by atomic mass is 16.3. The van der Waals surface area contributed by atoms with E-state index in [2.05, 4.69) is 71.0 Å². The number of hydrogen-bond acceptors (Lipinski definition) is 4. The molecular formula is C42H25N3O2. The van der Waals surface area contributed by atoms with Crippen molar-refractivity contribution in [3.8, 4) is 46.1 Å². The van der Waals surface area contributed by atoms with Crippen LogP contribution in [0.2, 0.25) is 0 Å². The van der Waals surface area contributed by atoms with Crippen LogP contribution < -0.4 is 0 Å². The number of rotatable bonds is 3. The van der Waals surface area contributed by atoms with Gasteiger partial charge in [0, 0.05) is 44.3 Å². The first-order valence-electron chi connectivity index (χ1n) is 15.4. The van der Waals surface area contributed by atoms with Crippen molar-refractivity contribution < 1.29 is 9.52 Å². The van der Waals surface area contributed by atoms with Crippen LogP contribution in [0.25, 0.3) is 72.2 Å². The zero-order valence-corrected chi connectivity index (χ0v) is 25.1. The molecule has 47 heavy (non-hydrogen) atoms. The lowest BCUT2D eigenvalue weighted by molar-refractivity contribution is 0.473. The zero-order valence-electron chi connectivity index (χ0n) is 25.1. The Balaban J connectivity index is 1.20. The average Bonchev–Trinajstić information content (AvgIpc) is 3.66. The summed E-state index contributed by atoms with van der Waals surface area (Å²) in [6.07, 6.45) is 0. The topological polar surface area (TPSA) is 64.1 Å². The van der Waals surface area contributed by atoms with Gasteiger partial charge in [-0.25, -0.2) is 9.97 Å². The number of para-hydroxylation sites is 2. The number of aromatic hydroxyl groups is 1. The van der Waals surface area contributed by atoms with Crippen LogP contribution in [-0.2, 0) is 0 Å². The van der Waals surface area contributed by atoms with Gasteiger partial charge in [-0.3, -0.25) is 4.57 Å². The molecule has 0 fully saturated rings. The first kappa shape index (κ1) is 26.7. The summed E-state index contributed by atoms with van der Waals surface area (Å²) >= 11 is 0. The minimum Gasteiger partial charge on any atom is -0.507 e. The van der Waals surface area contributed by atoms with Gasteiger partial charge in [-0.15, -0.1) is 0 Å². The predicted molar refractivity (Wildman–Crippen MR) is 189 cm³/mol. The van der Waals surface area contributed by atoms with Crippen molar-refractivity contribution in [2.24, 2.45) is 0 Å². The Bertz CT molecular complexity index is 2640. The van der Waals surface area contributed by atoms with Crippen molar-refractivity contribution in [1.29, 1.82) is 0 Å². The lowest BCUT2D eigenvalue weighted by Crippen LogP contribution is -2.04. The molecule has 0 amide bonds. The molecule has 6 aromatic carbocycles. The first-order chi connectivity index (χ1) is 23.2. The molecule has 0 spiro atoms. The van der Waals surface area contributed by atoms with E-state index in [1.165, 1.54) is 0 Å². The van der Waals surface area contributed by atoms with Gasteiger partial charge in [0.2, 0.25) is 5.95 Å². The summed E-state index contributed by atoms with van der Waals surface area (Å²) in [5.74, 6) is 7.19. The summed E-state index contributed by atoms with van der Waals surface area (Å²) in [6.45, 7) is 0. The first-order valence-corrected chi connectivity index (χ1v) is 15.4. The molecule has 0 aliphatic heterocycles. The summed E-state index contributed by atoms with van der Waals surface area (Å²) in [6, 6.07) is 48.3. The molecule has 0 bridgehead atoms. The second-order valence-electron chi connectivity index (χ2n) is 11.5. The van der Waals surface area contributed by atoms with E-state index >= 15 is 0 Å². The van der Waals surface area contributed by atoms with Crippen LogP contribution in [-0.4, -0.2) is 19.6 Å². The van der Waals surface area contributed by atoms with E-state index in [1.54, 1.807) is 6.07 Å². The molecule has 3 heterocycles. The lowest BCUT2D eigenvalue weighted by atomic mass is 10.1. The van der Waals surface area contributed by atoms with E-state index in [4.69, 9.17) is 14.4 Å². The molecule has 0 radical (unpaired) electrons. The number of benzene rings is 6. The minimum atomic E-state index is 0.0893. The average molecular weight is 604 g/mol. The van der Waals surface area contributed by atoms with Crippen LogP contribution in [0.15, 0.2) is 150 Å². The van der Waals surface area contributed by atoms with Crippen LogP contribution in [0.5, 0.6) is 5.75 Å². The van der Waals surface area contributed by atoms with E-state index in [0.717, 1.165) is 66.2 Å². The molecular weight excluding hydrogens is 578 g/mol. The van der Waals surface area contributed by atoms with Gasteiger partial charge < -0.3 is 9.52 Å². The molecule has 0 aliphatic carbocycles. The highest BCUT2D eigenvalue weighted by Crippen LogP contribution is 2.35. The van der Waals surface area contributed by atoms with E-state index in [0.29, 0.717) is 17.1 Å². The maximum Gasteiger partial charge on any atom is 0.235 e. The highest BCUT2D eigenvalue weighted by molar-refractivity contribution is 6.09. The summed E-state index contributed by atoms with van der Waals surface area (Å²) < 4.78 is 8.05. The molecule has 5 heteroatoms. The maximum atomic E-state index is 10.8. The minimum absolute atomic E-state index is 0.0893. The van der Waals surface area contributed by atoms with Crippen molar-refractivity contribution in [2.45, 2.75) is 0 Å². The van der Waals surface area contributed by atoms with E-state index in [-0.39, 0.29) is 5.75 Å². The zero-order chi connectivity index (χ0) is 31.3. The summed E-state index contributed by atoms with van der Waals surface area (Å²) in [5, 5.41) is 14.8. The molecule has 0 saturated carbocycles. The normalized spacial score (nSPS) is 11.3. The SMILES string of the molecule is Oc1cc2oc3ccccc3c2cc1C#Cc1ccc2c(c1)c1ccccc1n2-c1nc(-c2ccccc2)cc(-c2ccccc2)n1. The summed E-state index contributed by atoms with van der Waals surface area (Å²) in [5.41, 5.74) is 8.54. The second kappa shape index (κ2) is 10.8. The van der Waals surface area contributed by atoms with Crippen LogP contribution in [0, 0.1) is 11.8 Å². The van der Waals surface area contributed by atoms with E-state index in [1.807, 2.05) is 84.9 Å². The van der Waals surface area contributed by atoms with Gasteiger partial charge in [-0.1, -0.05) is 109 Å². The number of nitrogens with zero attached hydrogens (tertiary/aromatic N) is 3. The fraction of sp³-hybridized carbons (Fsp3) is 0. The van der Waals surface area contributed by atoms with Gasteiger partial charge in [0.05, 0.1) is 28.0 Å². The third kappa shape index (κ3) is 4.59. The van der Waals surface area contributed by atoms with E-state index in [9.17, 15) is 5.11 Å². The van der Waals surface area contributed by atoms with Crippen molar-refractivity contribution >= 4 is 43.7 Å². The molecule has 3 aromatic heterocycles. The van der Waals surface area contributed by atoms with Crippen molar-refractivity contribution in [3.05, 3.63) is 157 Å². The molecule has 0 aliphatic rings. The number of phenols is 1. The predicted octanol–water partition coefficient (Wildman–Crippen LogP) is 9.91. The largest absolute Gasteiger partial charge is 0.507 e. The van der Waals surface area contributed by atoms with Crippen molar-refractivity contribution in [2.75, 3.05) is 0 Å². The fourth-order valence-corrected chi connectivity index (χ4v) is 6.31. The van der Waals surface area contributed by atoms with Crippen LogP contribution in [0.4, 0.5) is 0 Å². The number of furan rings is 1. The van der Waals surface area contributed by atoms with Gasteiger partial charge in [0.1, 0.15) is 16.9 Å². The van der Waals surface area contributed by atoms with Crippen LogP contribution >= 0.6 is 0 Å². The molecule has 0 unspecified atom stereocenters. The second-order valence-corrected chi connectivity index (χ2v) is 11.5. The van der Waals surface area contributed by atoms with E-state index < -0.39 is 0 Å². The van der Waals surface area contributed by atoms with Crippen LogP contribution in [0.1, 0.15) is 11.1 Å². The molecule has 220 valence electrons. The van der Waals surface area contributed by atoms with Gasteiger partial charge in [-0.05, 0) is 42.5 Å². The lowest BCUT2D eigenvalue weighted by Gasteiger charge is -2.11. The number of phenolic OH excluding ortho intramolecular Hbond substituents is 1. The van der Waals surface area contributed by atoms with Gasteiger partial charge in [0.15, 0.2) is 0 Å². The quantitative estimate of drug-likeness (QED) is 0.204.